The SMILES string of the molecule is O=C(c1cnc2c(c1)OCCN2c1ccn2c(=O)n(Cc3ccc(F)cc3)nc2c1)N1CCCCC1. The Morgan fingerprint density at radius 1 is 1.03 bits per heavy atom. The number of aromatic nitrogens is 4. The predicted molar refractivity (Wildman–Crippen MR) is 131 cm³/mol. The lowest BCUT2D eigenvalue weighted by Crippen LogP contribution is -2.36. The average molecular weight is 489 g/mol. The molecule has 0 N–H and O–H groups in total. The van der Waals surface area contributed by atoms with E-state index in [0.717, 1.165) is 43.6 Å². The Hall–Kier alpha value is -4.21. The molecule has 0 aliphatic carbocycles. The molecule has 1 aromatic carbocycles. The van der Waals surface area contributed by atoms with Crippen LogP contribution in [0.15, 0.2) is 59.7 Å². The van der Waals surface area contributed by atoms with Crippen molar-refractivity contribution >= 4 is 23.1 Å². The van der Waals surface area contributed by atoms with Crippen LogP contribution in [0.3, 0.4) is 0 Å². The van der Waals surface area contributed by atoms with E-state index in [1.54, 1.807) is 30.6 Å². The van der Waals surface area contributed by atoms with Crippen LogP contribution in [0.25, 0.3) is 5.65 Å². The molecule has 2 aliphatic rings. The molecule has 1 amide bonds. The molecule has 3 aromatic heterocycles. The zero-order valence-electron chi connectivity index (χ0n) is 19.6. The number of hydrogen-bond donors (Lipinski definition) is 0. The highest BCUT2D eigenvalue weighted by molar-refractivity contribution is 5.95. The highest BCUT2D eigenvalue weighted by Gasteiger charge is 2.25. The van der Waals surface area contributed by atoms with Gasteiger partial charge in [0.25, 0.3) is 5.91 Å². The van der Waals surface area contributed by atoms with E-state index in [0.29, 0.717) is 35.9 Å². The van der Waals surface area contributed by atoms with Crippen LogP contribution in [0.2, 0.25) is 0 Å². The van der Waals surface area contributed by atoms with Gasteiger partial charge in [-0.3, -0.25) is 9.20 Å². The van der Waals surface area contributed by atoms with Gasteiger partial charge in [0.05, 0.1) is 18.7 Å². The van der Waals surface area contributed by atoms with Crippen LogP contribution in [0, 0.1) is 5.82 Å². The van der Waals surface area contributed by atoms with E-state index in [1.807, 2.05) is 21.9 Å². The summed E-state index contributed by atoms with van der Waals surface area (Å²) in [6.07, 6.45) is 6.51. The van der Waals surface area contributed by atoms with Crippen LogP contribution in [0.4, 0.5) is 15.9 Å². The van der Waals surface area contributed by atoms with E-state index in [9.17, 15) is 14.0 Å². The smallest absolute Gasteiger partial charge is 0.350 e. The summed E-state index contributed by atoms with van der Waals surface area (Å²) in [5.41, 5.74) is 2.34. The van der Waals surface area contributed by atoms with E-state index >= 15 is 0 Å². The molecule has 0 bridgehead atoms. The van der Waals surface area contributed by atoms with Gasteiger partial charge in [-0.2, -0.15) is 0 Å². The zero-order chi connectivity index (χ0) is 24.6. The maximum absolute atomic E-state index is 13.2. The zero-order valence-corrected chi connectivity index (χ0v) is 19.6. The molecule has 10 heteroatoms. The van der Waals surface area contributed by atoms with Gasteiger partial charge in [-0.15, -0.1) is 5.10 Å². The van der Waals surface area contributed by atoms with Gasteiger partial charge in [-0.25, -0.2) is 18.9 Å². The van der Waals surface area contributed by atoms with Crippen LogP contribution in [-0.4, -0.2) is 56.2 Å². The van der Waals surface area contributed by atoms with Gasteiger partial charge in [0.1, 0.15) is 12.4 Å². The number of pyridine rings is 2. The minimum Gasteiger partial charge on any atom is -0.488 e. The molecular formula is C26H25FN6O3. The van der Waals surface area contributed by atoms with E-state index in [-0.39, 0.29) is 24.0 Å². The summed E-state index contributed by atoms with van der Waals surface area (Å²) in [5.74, 6) is 0.837. The number of piperidine rings is 1. The number of anilines is 2. The summed E-state index contributed by atoms with van der Waals surface area (Å²) in [6, 6.07) is 11.4. The molecule has 9 nitrogen and oxygen atoms in total. The van der Waals surface area contributed by atoms with Gasteiger partial charge in [0.15, 0.2) is 17.2 Å². The summed E-state index contributed by atoms with van der Waals surface area (Å²) < 4.78 is 21.9. The lowest BCUT2D eigenvalue weighted by molar-refractivity contribution is 0.0723. The summed E-state index contributed by atoms with van der Waals surface area (Å²) in [6.45, 7) is 2.79. The standard InChI is InChI=1S/C26H25FN6O3/c27-20-6-4-18(5-7-20)17-33-26(35)32-11-8-21(15-23(32)29-33)31-12-13-36-22-14-19(16-28-24(22)31)25(34)30-9-2-1-3-10-30/h4-8,11,14-16H,1-3,9-10,12-13,17H2. The van der Waals surface area contributed by atoms with Gasteiger partial charge in [-0.1, -0.05) is 12.1 Å². The molecule has 0 saturated carbocycles. The molecule has 36 heavy (non-hydrogen) atoms. The number of rotatable bonds is 4. The first-order valence-electron chi connectivity index (χ1n) is 12.1. The lowest BCUT2D eigenvalue weighted by Gasteiger charge is -2.31. The number of carbonyl (C=O) groups excluding carboxylic acids is 1. The van der Waals surface area contributed by atoms with Crippen molar-refractivity contribution in [3.05, 3.63) is 82.3 Å². The van der Waals surface area contributed by atoms with Crippen LogP contribution in [-0.2, 0) is 6.54 Å². The third kappa shape index (κ3) is 4.08. The van der Waals surface area contributed by atoms with Gasteiger partial charge < -0.3 is 14.5 Å². The lowest BCUT2D eigenvalue weighted by atomic mass is 10.1. The Balaban J connectivity index is 1.28. The van der Waals surface area contributed by atoms with E-state index in [1.165, 1.54) is 21.2 Å². The van der Waals surface area contributed by atoms with Crippen molar-refractivity contribution in [1.29, 1.82) is 0 Å². The Morgan fingerprint density at radius 2 is 1.83 bits per heavy atom. The molecule has 2 aliphatic heterocycles. The third-order valence-corrected chi connectivity index (χ3v) is 6.68. The second-order valence-electron chi connectivity index (χ2n) is 9.08. The molecule has 184 valence electrons. The number of fused-ring (bicyclic) bond motifs is 2. The summed E-state index contributed by atoms with van der Waals surface area (Å²) in [5, 5.41) is 4.48. The Bertz CT molecular complexity index is 1490. The fourth-order valence-corrected chi connectivity index (χ4v) is 4.79. The number of likely N-dealkylation sites (tertiary alicyclic amines) is 1. The van der Waals surface area contributed by atoms with E-state index in [4.69, 9.17) is 4.74 Å². The number of halogens is 1. The van der Waals surface area contributed by atoms with Gasteiger partial charge >= 0.3 is 5.69 Å². The molecule has 1 saturated heterocycles. The first-order chi connectivity index (χ1) is 17.6. The molecule has 0 atom stereocenters. The maximum atomic E-state index is 13.2. The van der Waals surface area contributed by atoms with Crippen molar-refractivity contribution < 1.29 is 13.9 Å². The molecular weight excluding hydrogens is 463 g/mol. The minimum atomic E-state index is -0.326. The van der Waals surface area contributed by atoms with Crippen molar-refractivity contribution in [2.24, 2.45) is 0 Å². The number of carbonyl (C=O) groups is 1. The molecule has 0 radical (unpaired) electrons. The number of ether oxygens (including phenoxy) is 1. The maximum Gasteiger partial charge on any atom is 0.350 e. The molecule has 0 spiro atoms. The summed E-state index contributed by atoms with van der Waals surface area (Å²) >= 11 is 0. The minimum absolute atomic E-state index is 0.0155. The average Bonchev–Trinajstić information content (AvgIpc) is 3.23. The highest BCUT2D eigenvalue weighted by atomic mass is 19.1. The number of amides is 1. The first-order valence-corrected chi connectivity index (χ1v) is 12.1. The van der Waals surface area contributed by atoms with Crippen molar-refractivity contribution in [3.8, 4) is 5.75 Å². The van der Waals surface area contributed by atoms with Crippen LogP contribution >= 0.6 is 0 Å². The fraction of sp³-hybridized carbons (Fsp3) is 0.308. The van der Waals surface area contributed by atoms with Crippen molar-refractivity contribution in [1.82, 2.24) is 24.1 Å². The fourth-order valence-electron chi connectivity index (χ4n) is 4.79. The van der Waals surface area contributed by atoms with Crippen LogP contribution in [0.5, 0.6) is 5.75 Å². The Morgan fingerprint density at radius 3 is 2.64 bits per heavy atom. The monoisotopic (exact) mass is 488 g/mol. The van der Waals surface area contributed by atoms with Gasteiger partial charge in [0, 0.05) is 37.2 Å². The van der Waals surface area contributed by atoms with E-state index < -0.39 is 0 Å². The second kappa shape index (κ2) is 9.10. The quantitative estimate of drug-likeness (QED) is 0.439. The van der Waals surface area contributed by atoms with E-state index in [2.05, 4.69) is 10.1 Å². The molecule has 5 heterocycles. The first kappa shape index (κ1) is 22.3. The van der Waals surface area contributed by atoms with Crippen LogP contribution < -0.4 is 15.3 Å². The number of hydrogen-bond acceptors (Lipinski definition) is 6. The molecule has 6 rings (SSSR count). The Kier molecular flexibility index (Phi) is 5.63. The van der Waals surface area contributed by atoms with Crippen molar-refractivity contribution in [2.75, 3.05) is 31.1 Å². The van der Waals surface area contributed by atoms with Crippen molar-refractivity contribution in [3.63, 3.8) is 0 Å². The third-order valence-electron chi connectivity index (χ3n) is 6.68. The number of benzene rings is 1. The summed E-state index contributed by atoms with van der Waals surface area (Å²) in [7, 11) is 0. The second-order valence-corrected chi connectivity index (χ2v) is 9.08. The van der Waals surface area contributed by atoms with Crippen molar-refractivity contribution in [2.45, 2.75) is 25.8 Å². The van der Waals surface area contributed by atoms with Gasteiger partial charge in [-0.05, 0) is 49.1 Å². The Labute approximate surface area is 206 Å². The number of nitrogens with zero attached hydrogens (tertiary/aromatic N) is 6. The topological polar surface area (TPSA) is 85.0 Å². The summed E-state index contributed by atoms with van der Waals surface area (Å²) in [4.78, 5) is 34.2. The normalized spacial score (nSPS) is 15.6. The predicted octanol–water partition coefficient (Wildman–Crippen LogP) is 3.24. The molecule has 0 unspecified atom stereocenters. The largest absolute Gasteiger partial charge is 0.488 e. The van der Waals surface area contributed by atoms with Gasteiger partial charge in [0.2, 0.25) is 0 Å². The molecule has 4 aromatic rings. The van der Waals surface area contributed by atoms with Crippen LogP contribution in [0.1, 0.15) is 35.2 Å². The highest BCUT2D eigenvalue weighted by Crippen LogP contribution is 2.35. The molecule has 1 fully saturated rings.